The van der Waals surface area contributed by atoms with Crippen molar-refractivity contribution in [1.29, 1.82) is 0 Å². The van der Waals surface area contributed by atoms with Crippen molar-refractivity contribution in [2.45, 2.75) is 25.0 Å². The largest absolute Gasteiger partial charge is 0.386 e. The first kappa shape index (κ1) is 21.7. The molecule has 0 bridgehead atoms. The second-order valence-corrected chi connectivity index (χ2v) is 7.72. The summed E-state index contributed by atoms with van der Waals surface area (Å²) < 4.78 is 15.9. The Labute approximate surface area is 189 Å². The molecule has 2 unspecified atom stereocenters. The van der Waals surface area contributed by atoms with Gasteiger partial charge in [-0.3, -0.25) is 4.79 Å². The van der Waals surface area contributed by atoms with Gasteiger partial charge in [0.1, 0.15) is 0 Å². The van der Waals surface area contributed by atoms with Crippen LogP contribution in [0.15, 0.2) is 73.2 Å². The van der Waals surface area contributed by atoms with Crippen LogP contribution in [0.4, 0.5) is 16.0 Å². The van der Waals surface area contributed by atoms with Crippen LogP contribution in [0, 0.1) is 5.82 Å². The van der Waals surface area contributed by atoms with E-state index < -0.39 is 23.4 Å². The monoisotopic (exact) mass is 453 g/mol. The van der Waals surface area contributed by atoms with E-state index in [0.717, 1.165) is 6.20 Å². The number of aliphatic hydroxyl groups is 1. The van der Waals surface area contributed by atoms with Crippen LogP contribution < -0.4 is 10.6 Å². The van der Waals surface area contributed by atoms with E-state index in [0.29, 0.717) is 22.7 Å². The molecule has 0 radical (unpaired) electrons. The molecule has 1 amide bonds. The SMILES string of the molecule is CCC1(NC(=O)c2ccn(-c3nc(Nc4ccccc4Cl)ncc3F)c2)C=CC=CC1O. The predicted molar refractivity (Wildman–Crippen MR) is 121 cm³/mol. The van der Waals surface area contributed by atoms with E-state index in [2.05, 4.69) is 20.6 Å². The smallest absolute Gasteiger partial charge is 0.253 e. The molecule has 0 saturated carbocycles. The Balaban J connectivity index is 1.57. The van der Waals surface area contributed by atoms with Crippen molar-refractivity contribution in [2.75, 3.05) is 5.32 Å². The molecule has 3 N–H and O–H groups in total. The molecule has 4 rings (SSSR count). The number of carbonyl (C=O) groups is 1. The van der Waals surface area contributed by atoms with Crippen LogP contribution in [0.2, 0.25) is 5.02 Å². The van der Waals surface area contributed by atoms with Gasteiger partial charge in [-0.15, -0.1) is 0 Å². The van der Waals surface area contributed by atoms with Crippen LogP contribution in [-0.2, 0) is 0 Å². The highest BCUT2D eigenvalue weighted by Crippen LogP contribution is 2.25. The van der Waals surface area contributed by atoms with Crippen LogP contribution >= 0.6 is 11.6 Å². The highest BCUT2D eigenvalue weighted by atomic mass is 35.5. The van der Waals surface area contributed by atoms with Crippen molar-refractivity contribution < 1.29 is 14.3 Å². The standard InChI is InChI=1S/C23H21ClFN5O2/c1-2-23(11-6-5-9-19(23)31)29-21(32)15-10-12-30(14-15)20-17(25)13-26-22(28-20)27-18-8-4-3-7-16(18)24/h3-14,19,31H,2H2,1H3,(H,29,32)(H,26,27,28). The number of para-hydroxylation sites is 1. The van der Waals surface area contributed by atoms with Gasteiger partial charge in [0.25, 0.3) is 5.91 Å². The van der Waals surface area contributed by atoms with Gasteiger partial charge < -0.3 is 20.3 Å². The number of benzene rings is 1. The fourth-order valence-corrected chi connectivity index (χ4v) is 3.61. The predicted octanol–water partition coefficient (Wildman–Crippen LogP) is 4.17. The summed E-state index contributed by atoms with van der Waals surface area (Å²) in [7, 11) is 0. The molecule has 9 heteroatoms. The van der Waals surface area contributed by atoms with E-state index in [-0.39, 0.29) is 11.8 Å². The van der Waals surface area contributed by atoms with Crippen molar-refractivity contribution in [2.24, 2.45) is 0 Å². The average molecular weight is 454 g/mol. The number of halogens is 2. The van der Waals surface area contributed by atoms with E-state index in [1.807, 2.05) is 6.92 Å². The lowest BCUT2D eigenvalue weighted by molar-refractivity contribution is 0.0789. The fraction of sp³-hybridized carbons (Fsp3) is 0.174. The van der Waals surface area contributed by atoms with E-state index in [4.69, 9.17) is 11.6 Å². The minimum Gasteiger partial charge on any atom is -0.386 e. The third-order valence-electron chi connectivity index (χ3n) is 5.30. The summed E-state index contributed by atoms with van der Waals surface area (Å²) in [5, 5.41) is 16.7. The number of nitrogens with zero attached hydrogens (tertiary/aromatic N) is 3. The molecular weight excluding hydrogens is 433 g/mol. The number of aliphatic hydroxyl groups excluding tert-OH is 1. The molecule has 1 aliphatic carbocycles. The first-order valence-corrected chi connectivity index (χ1v) is 10.4. The van der Waals surface area contributed by atoms with Gasteiger partial charge in [0.05, 0.1) is 34.1 Å². The second-order valence-electron chi connectivity index (χ2n) is 7.31. The molecule has 1 aromatic carbocycles. The van der Waals surface area contributed by atoms with Crippen molar-refractivity contribution in [1.82, 2.24) is 19.9 Å². The molecule has 0 saturated heterocycles. The minimum absolute atomic E-state index is 0.0284. The summed E-state index contributed by atoms with van der Waals surface area (Å²) in [4.78, 5) is 21.0. The van der Waals surface area contributed by atoms with Gasteiger partial charge in [-0.25, -0.2) is 9.37 Å². The van der Waals surface area contributed by atoms with Gasteiger partial charge in [0, 0.05) is 12.4 Å². The molecule has 7 nitrogen and oxygen atoms in total. The Kier molecular flexibility index (Phi) is 6.07. The van der Waals surface area contributed by atoms with Crippen molar-refractivity contribution >= 4 is 29.1 Å². The topological polar surface area (TPSA) is 92.1 Å². The number of hydrogen-bond acceptors (Lipinski definition) is 5. The zero-order valence-electron chi connectivity index (χ0n) is 17.2. The number of anilines is 2. The third kappa shape index (κ3) is 4.28. The Morgan fingerprint density at radius 1 is 1.31 bits per heavy atom. The van der Waals surface area contributed by atoms with Crippen LogP contribution in [0.1, 0.15) is 23.7 Å². The maximum absolute atomic E-state index is 14.5. The zero-order valence-corrected chi connectivity index (χ0v) is 17.9. The van der Waals surface area contributed by atoms with Crippen LogP contribution in [0.5, 0.6) is 0 Å². The van der Waals surface area contributed by atoms with Gasteiger partial charge in [-0.2, -0.15) is 4.98 Å². The average Bonchev–Trinajstić information content (AvgIpc) is 3.28. The number of rotatable bonds is 6. The molecule has 0 fully saturated rings. The van der Waals surface area contributed by atoms with Gasteiger partial charge in [0.2, 0.25) is 5.95 Å². The first-order chi connectivity index (χ1) is 15.4. The van der Waals surface area contributed by atoms with Crippen molar-refractivity contribution in [3.63, 3.8) is 0 Å². The first-order valence-electron chi connectivity index (χ1n) is 10.0. The number of allylic oxidation sites excluding steroid dienone is 2. The summed E-state index contributed by atoms with van der Waals surface area (Å²) >= 11 is 6.15. The second kappa shape index (κ2) is 8.94. The zero-order chi connectivity index (χ0) is 22.7. The molecule has 3 aromatic rings. The van der Waals surface area contributed by atoms with Crippen LogP contribution in [-0.4, -0.2) is 37.2 Å². The van der Waals surface area contributed by atoms with E-state index >= 15 is 0 Å². The minimum atomic E-state index is -0.903. The summed E-state index contributed by atoms with van der Waals surface area (Å²) in [6.45, 7) is 1.88. The number of nitrogens with one attached hydrogen (secondary N) is 2. The number of aromatic nitrogens is 3. The third-order valence-corrected chi connectivity index (χ3v) is 5.63. The van der Waals surface area contributed by atoms with E-state index in [9.17, 15) is 14.3 Å². The summed E-state index contributed by atoms with van der Waals surface area (Å²) in [5.41, 5.74) is -0.0240. The van der Waals surface area contributed by atoms with Gasteiger partial charge >= 0.3 is 0 Å². The molecule has 0 aliphatic heterocycles. The number of hydrogen-bond donors (Lipinski definition) is 3. The molecule has 2 aromatic heterocycles. The molecular formula is C23H21ClFN5O2. The normalized spacial score (nSPS) is 19.7. The van der Waals surface area contributed by atoms with E-state index in [1.54, 1.807) is 54.6 Å². The van der Waals surface area contributed by atoms with E-state index in [1.165, 1.54) is 17.0 Å². The van der Waals surface area contributed by atoms with Gasteiger partial charge in [0.15, 0.2) is 11.6 Å². The van der Waals surface area contributed by atoms with Crippen LogP contribution in [0.25, 0.3) is 5.82 Å². The molecule has 2 heterocycles. The van der Waals surface area contributed by atoms with Gasteiger partial charge in [-0.1, -0.05) is 55.0 Å². The summed E-state index contributed by atoms with van der Waals surface area (Å²) in [6.07, 6.45) is 10.6. The maximum Gasteiger partial charge on any atom is 0.253 e. The molecule has 2 atom stereocenters. The lowest BCUT2D eigenvalue weighted by Gasteiger charge is -2.35. The fourth-order valence-electron chi connectivity index (χ4n) is 3.43. The Morgan fingerprint density at radius 3 is 2.88 bits per heavy atom. The molecule has 1 aliphatic rings. The van der Waals surface area contributed by atoms with Gasteiger partial charge in [-0.05, 0) is 24.6 Å². The Bertz CT molecular complexity index is 1210. The Hall–Kier alpha value is -3.49. The highest BCUT2D eigenvalue weighted by Gasteiger charge is 2.35. The highest BCUT2D eigenvalue weighted by molar-refractivity contribution is 6.33. The van der Waals surface area contributed by atoms with Crippen molar-refractivity contribution in [3.8, 4) is 5.82 Å². The number of amides is 1. The molecule has 0 spiro atoms. The van der Waals surface area contributed by atoms with Crippen molar-refractivity contribution in [3.05, 3.63) is 89.6 Å². The lowest BCUT2D eigenvalue weighted by atomic mass is 9.85. The molecule has 32 heavy (non-hydrogen) atoms. The quantitative estimate of drug-likeness (QED) is 0.521. The summed E-state index contributed by atoms with van der Waals surface area (Å²) in [5.74, 6) is -0.924. The number of carbonyl (C=O) groups excluding carboxylic acids is 1. The molecule has 164 valence electrons. The van der Waals surface area contributed by atoms with Crippen LogP contribution in [0.3, 0.4) is 0 Å². The maximum atomic E-state index is 14.5. The summed E-state index contributed by atoms with van der Waals surface area (Å²) in [6, 6.07) is 8.60. The Morgan fingerprint density at radius 2 is 2.12 bits per heavy atom. The lowest BCUT2D eigenvalue weighted by Crippen LogP contribution is -2.55.